The molecule has 0 aliphatic rings. The van der Waals surface area contributed by atoms with Crippen LogP contribution < -0.4 is 5.32 Å². The molecular formula is C12H27NO3. The van der Waals surface area contributed by atoms with Gasteiger partial charge in [-0.2, -0.15) is 0 Å². The fourth-order valence-electron chi connectivity index (χ4n) is 1.06. The van der Waals surface area contributed by atoms with Crippen molar-refractivity contribution in [3.8, 4) is 0 Å². The minimum atomic E-state index is -0.447. The van der Waals surface area contributed by atoms with E-state index in [1.165, 1.54) is 0 Å². The van der Waals surface area contributed by atoms with Crippen molar-refractivity contribution >= 4 is 0 Å². The minimum Gasteiger partial charge on any atom is -0.389 e. The third-order valence-electron chi connectivity index (χ3n) is 1.83. The van der Waals surface area contributed by atoms with Crippen LogP contribution in [0.5, 0.6) is 0 Å². The Kier molecular flexibility index (Phi) is 7.93. The van der Waals surface area contributed by atoms with Crippen molar-refractivity contribution in [1.82, 2.24) is 5.32 Å². The molecule has 0 spiro atoms. The van der Waals surface area contributed by atoms with Gasteiger partial charge in [0.2, 0.25) is 0 Å². The van der Waals surface area contributed by atoms with Gasteiger partial charge in [0.15, 0.2) is 0 Å². The standard InChI is InChI=1S/C12H27NO3/c1-10(2)13-8-11(14)9-15-6-7-16-12(3,4)5/h10-11,13-14H,6-9H2,1-5H3. The van der Waals surface area contributed by atoms with Crippen molar-refractivity contribution in [2.75, 3.05) is 26.4 Å². The molecular weight excluding hydrogens is 206 g/mol. The average molecular weight is 233 g/mol. The summed E-state index contributed by atoms with van der Waals surface area (Å²) in [5.74, 6) is 0. The molecule has 1 atom stereocenters. The van der Waals surface area contributed by atoms with Gasteiger partial charge in [-0.25, -0.2) is 0 Å². The van der Waals surface area contributed by atoms with E-state index in [1.807, 2.05) is 34.6 Å². The van der Waals surface area contributed by atoms with Crippen LogP contribution in [0.2, 0.25) is 0 Å². The minimum absolute atomic E-state index is 0.124. The molecule has 2 N–H and O–H groups in total. The van der Waals surface area contributed by atoms with Crippen molar-refractivity contribution in [3.63, 3.8) is 0 Å². The van der Waals surface area contributed by atoms with E-state index < -0.39 is 6.10 Å². The van der Waals surface area contributed by atoms with E-state index in [9.17, 15) is 5.11 Å². The average Bonchev–Trinajstić information content (AvgIpc) is 2.12. The Morgan fingerprint density at radius 1 is 1.19 bits per heavy atom. The predicted octanol–water partition coefficient (Wildman–Crippen LogP) is 1.18. The second-order valence-electron chi connectivity index (χ2n) is 5.25. The number of nitrogens with one attached hydrogen (secondary N) is 1. The van der Waals surface area contributed by atoms with Crippen molar-refractivity contribution < 1.29 is 14.6 Å². The van der Waals surface area contributed by atoms with Gasteiger partial charge in [-0.3, -0.25) is 0 Å². The number of aliphatic hydroxyl groups excluding tert-OH is 1. The molecule has 4 nitrogen and oxygen atoms in total. The Bertz CT molecular complexity index is 166. The molecule has 0 amide bonds. The summed E-state index contributed by atoms with van der Waals surface area (Å²) in [6, 6.07) is 0.388. The van der Waals surface area contributed by atoms with E-state index in [4.69, 9.17) is 9.47 Å². The molecule has 0 aromatic rings. The Morgan fingerprint density at radius 3 is 2.31 bits per heavy atom. The highest BCUT2D eigenvalue weighted by Crippen LogP contribution is 2.05. The fraction of sp³-hybridized carbons (Fsp3) is 1.00. The molecule has 0 aliphatic carbocycles. The molecule has 0 heterocycles. The molecule has 1 unspecified atom stereocenters. The van der Waals surface area contributed by atoms with Crippen LogP contribution in [0.25, 0.3) is 0 Å². The van der Waals surface area contributed by atoms with Gasteiger partial charge in [0.05, 0.1) is 31.5 Å². The maximum atomic E-state index is 9.53. The molecule has 0 saturated carbocycles. The van der Waals surface area contributed by atoms with Gasteiger partial charge in [-0.1, -0.05) is 13.8 Å². The molecule has 0 aromatic heterocycles. The lowest BCUT2D eigenvalue weighted by atomic mass is 10.2. The van der Waals surface area contributed by atoms with Crippen LogP contribution in [0, 0.1) is 0 Å². The molecule has 0 radical (unpaired) electrons. The Balaban J connectivity index is 3.31. The molecule has 0 bridgehead atoms. The normalized spacial score (nSPS) is 14.4. The third kappa shape index (κ3) is 11.9. The summed E-state index contributed by atoms with van der Waals surface area (Å²) in [7, 11) is 0. The van der Waals surface area contributed by atoms with Gasteiger partial charge in [0, 0.05) is 12.6 Å². The summed E-state index contributed by atoms with van der Waals surface area (Å²) in [5, 5.41) is 12.7. The summed E-state index contributed by atoms with van der Waals surface area (Å²) in [4.78, 5) is 0. The van der Waals surface area contributed by atoms with E-state index >= 15 is 0 Å². The summed E-state index contributed by atoms with van der Waals surface area (Å²) in [6.45, 7) is 12.1. The summed E-state index contributed by atoms with van der Waals surface area (Å²) >= 11 is 0. The van der Waals surface area contributed by atoms with Crippen LogP contribution in [0.15, 0.2) is 0 Å². The highest BCUT2D eigenvalue weighted by atomic mass is 16.5. The quantitative estimate of drug-likeness (QED) is 0.618. The Morgan fingerprint density at radius 2 is 1.81 bits per heavy atom. The molecule has 0 aliphatic heterocycles. The zero-order valence-corrected chi connectivity index (χ0v) is 11.2. The van der Waals surface area contributed by atoms with Crippen molar-refractivity contribution in [3.05, 3.63) is 0 Å². The summed E-state index contributed by atoms with van der Waals surface area (Å²) in [5.41, 5.74) is -0.124. The molecule has 0 fully saturated rings. The first kappa shape index (κ1) is 15.8. The number of ether oxygens (including phenoxy) is 2. The van der Waals surface area contributed by atoms with Crippen LogP contribution in [0.1, 0.15) is 34.6 Å². The van der Waals surface area contributed by atoms with Gasteiger partial charge in [0.25, 0.3) is 0 Å². The van der Waals surface area contributed by atoms with Crippen LogP contribution in [0.4, 0.5) is 0 Å². The lowest BCUT2D eigenvalue weighted by molar-refractivity contribution is -0.0471. The maximum absolute atomic E-state index is 9.53. The van der Waals surface area contributed by atoms with E-state index in [2.05, 4.69) is 5.32 Å². The van der Waals surface area contributed by atoms with E-state index in [0.717, 1.165) is 0 Å². The monoisotopic (exact) mass is 233 g/mol. The molecule has 98 valence electrons. The molecule has 16 heavy (non-hydrogen) atoms. The molecule has 0 aromatic carbocycles. The van der Waals surface area contributed by atoms with Gasteiger partial charge >= 0.3 is 0 Å². The van der Waals surface area contributed by atoms with Crippen LogP contribution in [-0.4, -0.2) is 49.2 Å². The van der Waals surface area contributed by atoms with Crippen LogP contribution in [-0.2, 0) is 9.47 Å². The van der Waals surface area contributed by atoms with E-state index in [-0.39, 0.29) is 5.60 Å². The largest absolute Gasteiger partial charge is 0.389 e. The summed E-state index contributed by atoms with van der Waals surface area (Å²) in [6.07, 6.45) is -0.447. The van der Waals surface area contributed by atoms with Crippen molar-refractivity contribution in [2.45, 2.75) is 52.4 Å². The number of rotatable bonds is 8. The maximum Gasteiger partial charge on any atom is 0.0897 e. The smallest absolute Gasteiger partial charge is 0.0897 e. The van der Waals surface area contributed by atoms with Gasteiger partial charge in [-0.05, 0) is 20.8 Å². The first-order chi connectivity index (χ1) is 7.31. The molecule has 0 rings (SSSR count). The zero-order valence-electron chi connectivity index (χ0n) is 11.2. The van der Waals surface area contributed by atoms with Crippen LogP contribution in [0.3, 0.4) is 0 Å². The first-order valence-corrected chi connectivity index (χ1v) is 5.94. The van der Waals surface area contributed by atoms with Crippen LogP contribution >= 0.6 is 0 Å². The Labute approximate surface area is 99.3 Å². The van der Waals surface area contributed by atoms with Crippen molar-refractivity contribution in [2.24, 2.45) is 0 Å². The van der Waals surface area contributed by atoms with Gasteiger partial charge < -0.3 is 19.9 Å². The van der Waals surface area contributed by atoms with E-state index in [0.29, 0.717) is 32.4 Å². The number of hydrogen-bond donors (Lipinski definition) is 2. The SMILES string of the molecule is CC(C)NCC(O)COCCOC(C)(C)C. The molecule has 4 heteroatoms. The fourth-order valence-corrected chi connectivity index (χ4v) is 1.06. The van der Waals surface area contributed by atoms with Gasteiger partial charge in [0.1, 0.15) is 0 Å². The molecule has 0 saturated heterocycles. The van der Waals surface area contributed by atoms with E-state index in [1.54, 1.807) is 0 Å². The lowest BCUT2D eigenvalue weighted by Gasteiger charge is -2.20. The second-order valence-corrected chi connectivity index (χ2v) is 5.25. The second kappa shape index (κ2) is 8.01. The Hall–Kier alpha value is -0.160. The van der Waals surface area contributed by atoms with Crippen molar-refractivity contribution in [1.29, 1.82) is 0 Å². The number of hydrogen-bond acceptors (Lipinski definition) is 4. The predicted molar refractivity (Wildman–Crippen MR) is 65.7 cm³/mol. The highest BCUT2D eigenvalue weighted by Gasteiger charge is 2.09. The lowest BCUT2D eigenvalue weighted by Crippen LogP contribution is -2.34. The zero-order chi connectivity index (χ0) is 12.6. The topological polar surface area (TPSA) is 50.7 Å². The van der Waals surface area contributed by atoms with Gasteiger partial charge in [-0.15, -0.1) is 0 Å². The third-order valence-corrected chi connectivity index (χ3v) is 1.83. The number of aliphatic hydroxyl groups is 1. The highest BCUT2D eigenvalue weighted by molar-refractivity contribution is 4.61. The summed E-state index contributed by atoms with van der Waals surface area (Å²) < 4.78 is 10.8. The first-order valence-electron chi connectivity index (χ1n) is 5.94.